The third kappa shape index (κ3) is 4.16. The molecule has 0 atom stereocenters. The van der Waals surface area contributed by atoms with Crippen LogP contribution in [-0.4, -0.2) is 32.2 Å². The van der Waals surface area contributed by atoms with Crippen molar-refractivity contribution in [2.24, 2.45) is 0 Å². The molecule has 3 aromatic heterocycles. The Balaban J connectivity index is 1.55. The molecular formula is C26H18F2N4O3. The van der Waals surface area contributed by atoms with Crippen LogP contribution in [0.1, 0.15) is 12.8 Å². The SMILES string of the molecule is O=c1c(-c2ccc(OC(F)F)cc2)c2nc(OC3CC3)ncc2cn1-c1ccc2ncccc2c1. The number of aromatic nitrogens is 4. The van der Waals surface area contributed by atoms with E-state index in [-0.39, 0.29) is 23.4 Å². The first-order valence-electron chi connectivity index (χ1n) is 11.0. The van der Waals surface area contributed by atoms with Crippen molar-refractivity contribution in [3.05, 3.63) is 83.5 Å². The molecule has 2 aromatic carbocycles. The van der Waals surface area contributed by atoms with Crippen molar-refractivity contribution < 1.29 is 18.3 Å². The average molecular weight is 472 g/mol. The van der Waals surface area contributed by atoms with Crippen LogP contribution in [0.2, 0.25) is 0 Å². The molecule has 35 heavy (non-hydrogen) atoms. The molecule has 1 aliphatic rings. The number of benzene rings is 2. The Morgan fingerprint density at radius 3 is 2.60 bits per heavy atom. The Kier molecular flexibility index (Phi) is 5.09. The molecular weight excluding hydrogens is 454 g/mol. The summed E-state index contributed by atoms with van der Waals surface area (Å²) in [4.78, 5) is 27.0. The van der Waals surface area contributed by atoms with E-state index >= 15 is 0 Å². The summed E-state index contributed by atoms with van der Waals surface area (Å²) < 4.78 is 37.0. The highest BCUT2D eigenvalue weighted by molar-refractivity contribution is 5.93. The van der Waals surface area contributed by atoms with Gasteiger partial charge in [-0.05, 0) is 54.8 Å². The quantitative estimate of drug-likeness (QED) is 0.341. The molecule has 0 bridgehead atoms. The summed E-state index contributed by atoms with van der Waals surface area (Å²) in [6.45, 7) is -2.94. The lowest BCUT2D eigenvalue weighted by atomic mass is 10.0. The predicted molar refractivity (Wildman–Crippen MR) is 126 cm³/mol. The topological polar surface area (TPSA) is 79.1 Å². The summed E-state index contributed by atoms with van der Waals surface area (Å²) >= 11 is 0. The molecule has 1 saturated carbocycles. The maximum atomic E-state index is 13.8. The first-order chi connectivity index (χ1) is 17.0. The van der Waals surface area contributed by atoms with Gasteiger partial charge in [0.15, 0.2) is 0 Å². The van der Waals surface area contributed by atoms with Gasteiger partial charge in [-0.15, -0.1) is 0 Å². The summed E-state index contributed by atoms with van der Waals surface area (Å²) in [5.41, 5.74) is 2.37. The number of ether oxygens (including phenoxy) is 2. The largest absolute Gasteiger partial charge is 0.460 e. The van der Waals surface area contributed by atoms with Crippen LogP contribution in [0.15, 0.2) is 78.0 Å². The van der Waals surface area contributed by atoms with Gasteiger partial charge in [0, 0.05) is 35.1 Å². The highest BCUT2D eigenvalue weighted by Gasteiger charge is 2.25. The van der Waals surface area contributed by atoms with Crippen molar-refractivity contribution >= 4 is 21.8 Å². The van der Waals surface area contributed by atoms with Gasteiger partial charge in [0.2, 0.25) is 0 Å². The molecule has 1 aliphatic carbocycles. The van der Waals surface area contributed by atoms with Crippen LogP contribution in [0.25, 0.3) is 38.6 Å². The third-order valence-corrected chi connectivity index (χ3v) is 5.76. The second-order valence-corrected chi connectivity index (χ2v) is 8.24. The lowest BCUT2D eigenvalue weighted by Gasteiger charge is -2.14. The molecule has 9 heteroatoms. The fourth-order valence-corrected chi connectivity index (χ4v) is 3.95. The molecule has 0 aliphatic heterocycles. The van der Waals surface area contributed by atoms with Crippen LogP contribution in [0, 0.1) is 0 Å². The van der Waals surface area contributed by atoms with Crippen LogP contribution < -0.4 is 15.0 Å². The highest BCUT2D eigenvalue weighted by Crippen LogP contribution is 2.30. The van der Waals surface area contributed by atoms with Gasteiger partial charge < -0.3 is 9.47 Å². The molecule has 0 unspecified atom stereocenters. The van der Waals surface area contributed by atoms with E-state index in [2.05, 4.69) is 19.7 Å². The second-order valence-electron chi connectivity index (χ2n) is 8.24. The van der Waals surface area contributed by atoms with E-state index in [4.69, 9.17) is 4.74 Å². The van der Waals surface area contributed by atoms with Crippen LogP contribution in [0.5, 0.6) is 11.8 Å². The van der Waals surface area contributed by atoms with Crippen molar-refractivity contribution in [1.82, 2.24) is 19.5 Å². The van der Waals surface area contributed by atoms with Crippen molar-refractivity contribution in [1.29, 1.82) is 0 Å². The smallest absolute Gasteiger partial charge is 0.387 e. The Hall–Kier alpha value is -4.40. The molecule has 3 heterocycles. The van der Waals surface area contributed by atoms with Crippen LogP contribution in [0.4, 0.5) is 8.78 Å². The monoisotopic (exact) mass is 472 g/mol. The maximum Gasteiger partial charge on any atom is 0.387 e. The number of hydrogen-bond acceptors (Lipinski definition) is 6. The molecule has 0 radical (unpaired) electrons. The third-order valence-electron chi connectivity index (χ3n) is 5.76. The summed E-state index contributed by atoms with van der Waals surface area (Å²) in [5.74, 6) is -0.00118. The van der Waals surface area contributed by atoms with Crippen LogP contribution in [0.3, 0.4) is 0 Å². The fraction of sp³-hybridized carbons (Fsp3) is 0.154. The fourth-order valence-electron chi connectivity index (χ4n) is 3.95. The van der Waals surface area contributed by atoms with Gasteiger partial charge in [0.05, 0.1) is 16.6 Å². The van der Waals surface area contributed by atoms with E-state index in [0.29, 0.717) is 27.7 Å². The zero-order valence-corrected chi connectivity index (χ0v) is 18.3. The number of halogens is 2. The van der Waals surface area contributed by atoms with Gasteiger partial charge in [0.1, 0.15) is 11.9 Å². The van der Waals surface area contributed by atoms with E-state index in [0.717, 1.165) is 23.7 Å². The van der Waals surface area contributed by atoms with E-state index < -0.39 is 6.61 Å². The summed E-state index contributed by atoms with van der Waals surface area (Å²) in [6.07, 6.45) is 7.00. The second kappa shape index (κ2) is 8.43. The molecule has 6 rings (SSSR count). The zero-order chi connectivity index (χ0) is 23.9. The van der Waals surface area contributed by atoms with Crippen molar-refractivity contribution in [2.45, 2.75) is 25.6 Å². The van der Waals surface area contributed by atoms with Gasteiger partial charge in [-0.3, -0.25) is 14.3 Å². The summed E-state index contributed by atoms with van der Waals surface area (Å²) in [7, 11) is 0. The number of nitrogens with zero attached hydrogens (tertiary/aromatic N) is 4. The number of fused-ring (bicyclic) bond motifs is 2. The first-order valence-corrected chi connectivity index (χ1v) is 11.0. The molecule has 1 fully saturated rings. The molecule has 0 saturated heterocycles. The van der Waals surface area contributed by atoms with E-state index in [1.807, 2.05) is 30.3 Å². The standard InChI is InChI=1S/C26H18F2N4O3/c27-25(28)34-19-6-3-15(4-7-19)22-23-17(13-30-26(31-23)35-20-8-9-20)14-32(24(22)33)18-5-10-21-16(12-18)2-1-11-29-21/h1-7,10-14,20,25H,8-9H2. The molecule has 7 nitrogen and oxygen atoms in total. The molecule has 0 N–H and O–H groups in total. The van der Waals surface area contributed by atoms with Gasteiger partial charge >= 0.3 is 12.6 Å². The van der Waals surface area contributed by atoms with Crippen molar-refractivity contribution in [3.8, 4) is 28.6 Å². The van der Waals surface area contributed by atoms with Gasteiger partial charge in [-0.2, -0.15) is 13.8 Å². The van der Waals surface area contributed by atoms with E-state index in [9.17, 15) is 13.6 Å². The summed E-state index contributed by atoms with van der Waals surface area (Å²) in [5, 5.41) is 1.51. The van der Waals surface area contributed by atoms with Crippen LogP contribution in [-0.2, 0) is 0 Å². The number of rotatable bonds is 6. The lowest BCUT2D eigenvalue weighted by molar-refractivity contribution is -0.0498. The lowest BCUT2D eigenvalue weighted by Crippen LogP contribution is -2.20. The minimum atomic E-state index is -2.94. The Bertz CT molecular complexity index is 1620. The molecule has 0 spiro atoms. The predicted octanol–water partition coefficient (Wildman–Crippen LogP) is 5.14. The highest BCUT2D eigenvalue weighted by atomic mass is 19.3. The minimum absolute atomic E-state index is 0.00118. The first kappa shape index (κ1) is 21.2. The van der Waals surface area contributed by atoms with Crippen molar-refractivity contribution in [2.75, 3.05) is 0 Å². The van der Waals surface area contributed by atoms with E-state index in [1.54, 1.807) is 30.7 Å². The van der Waals surface area contributed by atoms with Crippen LogP contribution >= 0.6 is 0 Å². The number of hydrogen-bond donors (Lipinski definition) is 0. The normalized spacial score (nSPS) is 13.5. The minimum Gasteiger partial charge on any atom is -0.460 e. The Morgan fingerprint density at radius 1 is 1.00 bits per heavy atom. The molecule has 5 aromatic rings. The molecule has 174 valence electrons. The average Bonchev–Trinajstić information content (AvgIpc) is 3.68. The zero-order valence-electron chi connectivity index (χ0n) is 18.3. The number of alkyl halides is 2. The maximum absolute atomic E-state index is 13.8. The van der Waals surface area contributed by atoms with Crippen molar-refractivity contribution in [3.63, 3.8) is 0 Å². The van der Waals surface area contributed by atoms with Gasteiger partial charge in [-0.1, -0.05) is 18.2 Å². The number of pyridine rings is 2. The van der Waals surface area contributed by atoms with E-state index in [1.165, 1.54) is 16.7 Å². The summed E-state index contributed by atoms with van der Waals surface area (Å²) in [6, 6.07) is 15.4. The Labute approximate surface area is 197 Å². The Morgan fingerprint density at radius 2 is 1.83 bits per heavy atom. The van der Waals surface area contributed by atoms with Gasteiger partial charge in [0.25, 0.3) is 5.56 Å². The molecule has 0 amide bonds. The van der Waals surface area contributed by atoms with Gasteiger partial charge in [-0.25, -0.2) is 4.98 Å².